The number of nitrogens with zero attached hydrogens (tertiary/aromatic N) is 4. The first kappa shape index (κ1) is 17.2. The number of hydrogen-bond donors (Lipinski definition) is 3. The molecule has 1 aliphatic rings. The molecular weight excluding hydrogens is 294 g/mol. The molecule has 1 amide bonds. The van der Waals surface area contributed by atoms with Crippen molar-refractivity contribution in [3.63, 3.8) is 0 Å². The second-order valence-electron chi connectivity index (χ2n) is 6.63. The molecule has 0 spiro atoms. The Balaban J connectivity index is 1.91. The molecule has 23 heavy (non-hydrogen) atoms. The first-order chi connectivity index (χ1) is 10.9. The van der Waals surface area contributed by atoms with Crippen LogP contribution >= 0.6 is 0 Å². The van der Waals surface area contributed by atoms with E-state index in [1.807, 2.05) is 27.7 Å². The quantitative estimate of drug-likeness (QED) is 0.531. The highest BCUT2D eigenvalue weighted by Crippen LogP contribution is 2.14. The highest BCUT2D eigenvalue weighted by Gasteiger charge is 2.17. The van der Waals surface area contributed by atoms with Gasteiger partial charge in [-0.3, -0.25) is 4.79 Å². The van der Waals surface area contributed by atoms with Gasteiger partial charge in [0.25, 0.3) is 0 Å². The maximum Gasteiger partial charge on any atom is 0.239 e. The summed E-state index contributed by atoms with van der Waals surface area (Å²) in [7, 11) is 0. The fraction of sp³-hybridized carbons (Fsp3) is 0.733. The first-order valence-electron chi connectivity index (χ1n) is 8.13. The minimum atomic E-state index is -0.240. The van der Waals surface area contributed by atoms with Crippen molar-refractivity contribution in [2.75, 3.05) is 13.1 Å². The number of carbonyl (C=O) groups is 1. The van der Waals surface area contributed by atoms with Gasteiger partial charge < -0.3 is 20.5 Å². The molecule has 8 heteroatoms. The van der Waals surface area contributed by atoms with Crippen molar-refractivity contribution in [1.82, 2.24) is 30.7 Å². The van der Waals surface area contributed by atoms with Gasteiger partial charge in [0.2, 0.25) is 5.91 Å². The predicted octanol–water partition coefficient (Wildman–Crippen LogP) is 0.194. The summed E-state index contributed by atoms with van der Waals surface area (Å²) < 4.78 is 2.12. The summed E-state index contributed by atoms with van der Waals surface area (Å²) in [4.78, 5) is 16.4. The SMILES string of the molecule is CCNC(=NCc1nnc2n1CCC2)NCC(=O)NC(C)(C)C. The third-order valence-corrected chi connectivity index (χ3v) is 3.34. The number of fused-ring (bicyclic) bond motifs is 1. The molecule has 0 saturated carbocycles. The molecule has 2 heterocycles. The van der Waals surface area contributed by atoms with Gasteiger partial charge in [-0.15, -0.1) is 10.2 Å². The van der Waals surface area contributed by atoms with E-state index in [0.717, 1.165) is 37.6 Å². The van der Waals surface area contributed by atoms with Crippen LogP contribution in [0.3, 0.4) is 0 Å². The molecule has 0 saturated heterocycles. The van der Waals surface area contributed by atoms with Gasteiger partial charge in [0, 0.05) is 25.0 Å². The zero-order chi connectivity index (χ0) is 16.9. The van der Waals surface area contributed by atoms with Gasteiger partial charge in [0.15, 0.2) is 11.8 Å². The number of amides is 1. The van der Waals surface area contributed by atoms with Crippen molar-refractivity contribution in [1.29, 1.82) is 0 Å². The molecule has 0 radical (unpaired) electrons. The monoisotopic (exact) mass is 321 g/mol. The molecule has 0 unspecified atom stereocenters. The van der Waals surface area contributed by atoms with E-state index in [-0.39, 0.29) is 18.0 Å². The molecule has 0 bridgehead atoms. The average Bonchev–Trinajstić information content (AvgIpc) is 3.03. The van der Waals surface area contributed by atoms with Crippen molar-refractivity contribution >= 4 is 11.9 Å². The van der Waals surface area contributed by atoms with E-state index >= 15 is 0 Å². The van der Waals surface area contributed by atoms with E-state index in [1.165, 1.54) is 0 Å². The smallest absolute Gasteiger partial charge is 0.239 e. The van der Waals surface area contributed by atoms with Crippen molar-refractivity contribution < 1.29 is 4.79 Å². The second kappa shape index (κ2) is 7.43. The number of aromatic nitrogens is 3. The Morgan fingerprint density at radius 1 is 1.30 bits per heavy atom. The minimum Gasteiger partial charge on any atom is -0.357 e. The average molecular weight is 321 g/mol. The van der Waals surface area contributed by atoms with Crippen molar-refractivity contribution in [2.24, 2.45) is 4.99 Å². The topological polar surface area (TPSA) is 96.2 Å². The molecule has 1 aromatic heterocycles. The van der Waals surface area contributed by atoms with E-state index in [2.05, 4.69) is 35.7 Å². The van der Waals surface area contributed by atoms with Crippen LogP contribution in [0.1, 0.15) is 45.8 Å². The summed E-state index contributed by atoms with van der Waals surface area (Å²) in [5, 5.41) is 17.4. The summed E-state index contributed by atoms with van der Waals surface area (Å²) in [6.45, 7) is 10.2. The normalized spacial score (nSPS) is 14.5. The van der Waals surface area contributed by atoms with E-state index in [1.54, 1.807) is 0 Å². The number of guanidine groups is 1. The van der Waals surface area contributed by atoms with Gasteiger partial charge in [-0.1, -0.05) is 0 Å². The van der Waals surface area contributed by atoms with Crippen LogP contribution in [-0.4, -0.2) is 45.3 Å². The highest BCUT2D eigenvalue weighted by molar-refractivity contribution is 5.86. The molecule has 1 aromatic rings. The Morgan fingerprint density at radius 3 is 2.78 bits per heavy atom. The number of aryl methyl sites for hydroxylation is 1. The molecule has 0 fully saturated rings. The number of nitrogens with one attached hydrogen (secondary N) is 3. The zero-order valence-electron chi connectivity index (χ0n) is 14.4. The second-order valence-corrected chi connectivity index (χ2v) is 6.63. The Kier molecular flexibility index (Phi) is 5.57. The van der Waals surface area contributed by atoms with Crippen LogP contribution < -0.4 is 16.0 Å². The Morgan fingerprint density at radius 2 is 2.09 bits per heavy atom. The van der Waals surface area contributed by atoms with Gasteiger partial charge in [-0.2, -0.15) is 0 Å². The molecule has 8 nitrogen and oxygen atoms in total. The minimum absolute atomic E-state index is 0.0635. The van der Waals surface area contributed by atoms with Crippen LogP contribution in [0.2, 0.25) is 0 Å². The number of carbonyl (C=O) groups excluding carboxylic acids is 1. The van der Waals surface area contributed by atoms with Crippen LogP contribution in [0, 0.1) is 0 Å². The molecule has 0 aromatic carbocycles. The Labute approximate surface area is 137 Å². The molecule has 3 N–H and O–H groups in total. The molecule has 1 aliphatic heterocycles. The Bertz CT molecular complexity index is 571. The summed E-state index contributed by atoms with van der Waals surface area (Å²) in [6, 6.07) is 0. The van der Waals surface area contributed by atoms with Crippen LogP contribution in [0.25, 0.3) is 0 Å². The fourth-order valence-electron chi connectivity index (χ4n) is 2.45. The van der Waals surface area contributed by atoms with Crippen LogP contribution in [0.4, 0.5) is 0 Å². The van der Waals surface area contributed by atoms with Gasteiger partial charge in [-0.25, -0.2) is 4.99 Å². The van der Waals surface area contributed by atoms with Gasteiger partial charge >= 0.3 is 0 Å². The highest BCUT2D eigenvalue weighted by atomic mass is 16.2. The summed E-state index contributed by atoms with van der Waals surface area (Å²) >= 11 is 0. The van der Waals surface area contributed by atoms with Crippen molar-refractivity contribution in [3.05, 3.63) is 11.6 Å². The molecular formula is C15H27N7O. The number of rotatable bonds is 5. The third-order valence-electron chi connectivity index (χ3n) is 3.34. The lowest BCUT2D eigenvalue weighted by Crippen LogP contribution is -2.48. The van der Waals surface area contributed by atoms with Crippen LogP contribution in [0.15, 0.2) is 4.99 Å². The lowest BCUT2D eigenvalue weighted by Gasteiger charge is -2.21. The molecule has 2 rings (SSSR count). The fourth-order valence-corrected chi connectivity index (χ4v) is 2.45. The van der Waals surface area contributed by atoms with Crippen LogP contribution in [-0.2, 0) is 24.3 Å². The van der Waals surface area contributed by atoms with Crippen LogP contribution in [0.5, 0.6) is 0 Å². The maximum absolute atomic E-state index is 11.9. The summed E-state index contributed by atoms with van der Waals surface area (Å²) in [5.41, 5.74) is -0.240. The van der Waals surface area contributed by atoms with Gasteiger partial charge in [0.1, 0.15) is 12.4 Å². The van der Waals surface area contributed by atoms with Gasteiger partial charge in [0.05, 0.1) is 6.54 Å². The molecule has 0 atom stereocenters. The maximum atomic E-state index is 11.9. The lowest BCUT2D eigenvalue weighted by atomic mass is 10.1. The molecule has 0 aliphatic carbocycles. The van der Waals surface area contributed by atoms with Crippen molar-refractivity contribution in [3.8, 4) is 0 Å². The first-order valence-corrected chi connectivity index (χ1v) is 8.13. The number of hydrogen-bond acceptors (Lipinski definition) is 4. The van der Waals surface area contributed by atoms with E-state index in [9.17, 15) is 4.79 Å². The van der Waals surface area contributed by atoms with E-state index in [0.29, 0.717) is 12.5 Å². The lowest BCUT2D eigenvalue weighted by molar-refractivity contribution is -0.121. The zero-order valence-corrected chi connectivity index (χ0v) is 14.4. The summed E-state index contributed by atoms with van der Waals surface area (Å²) in [6.07, 6.45) is 2.11. The van der Waals surface area contributed by atoms with E-state index in [4.69, 9.17) is 0 Å². The predicted molar refractivity (Wildman–Crippen MR) is 89.1 cm³/mol. The molecule has 128 valence electrons. The standard InChI is InChI=1S/C15H27N7O/c1-5-16-14(18-10-13(23)19-15(2,3)4)17-9-12-21-20-11-7-6-8-22(11)12/h5-10H2,1-4H3,(H,19,23)(H2,16,17,18). The third kappa shape index (κ3) is 5.22. The van der Waals surface area contributed by atoms with Gasteiger partial charge in [-0.05, 0) is 34.1 Å². The Hall–Kier alpha value is -2.12. The van der Waals surface area contributed by atoms with E-state index < -0.39 is 0 Å². The van der Waals surface area contributed by atoms with Crippen molar-refractivity contribution in [2.45, 2.75) is 59.2 Å². The number of aliphatic imine (C=N–C) groups is 1. The largest absolute Gasteiger partial charge is 0.357 e. The summed E-state index contributed by atoms with van der Waals surface area (Å²) in [5.74, 6) is 2.45.